The van der Waals surface area contributed by atoms with Crippen molar-refractivity contribution in [3.05, 3.63) is 64.7 Å². The van der Waals surface area contributed by atoms with Crippen LogP contribution in [-0.4, -0.2) is 22.9 Å². The number of thioether (sulfide) groups is 1. The smallest absolute Gasteiger partial charge is 0.261 e. The molecule has 0 bridgehead atoms. The number of rotatable bonds is 4. The predicted octanol–water partition coefficient (Wildman–Crippen LogP) is 3.18. The fraction of sp³-hybridized carbons (Fsp3) is 0.176. The third-order valence-corrected chi connectivity index (χ3v) is 4.31. The van der Waals surface area contributed by atoms with E-state index in [0.29, 0.717) is 11.9 Å². The monoisotopic (exact) mass is 312 g/mol. The van der Waals surface area contributed by atoms with Crippen LogP contribution in [0.4, 0.5) is 0 Å². The van der Waals surface area contributed by atoms with E-state index >= 15 is 0 Å². The number of benzene rings is 2. The van der Waals surface area contributed by atoms with Gasteiger partial charge in [0, 0.05) is 4.90 Å². The SMILES string of the molecule is COc1cc(Cn2cnc3ccccc3c2=O)ccc1SC. The lowest BCUT2D eigenvalue weighted by molar-refractivity contribution is 0.404. The second-order valence-corrected chi connectivity index (χ2v) is 5.73. The van der Waals surface area contributed by atoms with Crippen LogP contribution in [-0.2, 0) is 6.54 Å². The Hall–Kier alpha value is -2.27. The van der Waals surface area contributed by atoms with Crippen molar-refractivity contribution in [3.8, 4) is 5.75 Å². The van der Waals surface area contributed by atoms with Crippen molar-refractivity contribution in [2.45, 2.75) is 11.4 Å². The van der Waals surface area contributed by atoms with Crippen LogP contribution in [0.25, 0.3) is 10.9 Å². The average molecular weight is 312 g/mol. The minimum Gasteiger partial charge on any atom is -0.496 e. The van der Waals surface area contributed by atoms with E-state index in [1.807, 2.05) is 42.7 Å². The van der Waals surface area contributed by atoms with E-state index in [9.17, 15) is 4.79 Å². The molecule has 0 aliphatic heterocycles. The molecule has 0 aliphatic rings. The summed E-state index contributed by atoms with van der Waals surface area (Å²) in [6.07, 6.45) is 3.61. The molecule has 0 saturated carbocycles. The molecule has 112 valence electrons. The van der Waals surface area contributed by atoms with Gasteiger partial charge in [0.1, 0.15) is 5.75 Å². The summed E-state index contributed by atoms with van der Waals surface area (Å²) >= 11 is 1.63. The van der Waals surface area contributed by atoms with Crippen molar-refractivity contribution >= 4 is 22.7 Å². The van der Waals surface area contributed by atoms with Crippen LogP contribution in [0.3, 0.4) is 0 Å². The first kappa shape index (κ1) is 14.7. The first-order valence-corrected chi connectivity index (χ1v) is 8.10. The first-order valence-electron chi connectivity index (χ1n) is 6.88. The van der Waals surface area contributed by atoms with Gasteiger partial charge in [-0.05, 0) is 36.1 Å². The van der Waals surface area contributed by atoms with Gasteiger partial charge in [0.2, 0.25) is 0 Å². The van der Waals surface area contributed by atoms with Gasteiger partial charge in [0.25, 0.3) is 5.56 Å². The first-order chi connectivity index (χ1) is 10.7. The molecule has 5 heteroatoms. The van der Waals surface area contributed by atoms with Gasteiger partial charge in [-0.2, -0.15) is 0 Å². The highest BCUT2D eigenvalue weighted by atomic mass is 32.2. The van der Waals surface area contributed by atoms with Crippen LogP contribution in [0.2, 0.25) is 0 Å². The minimum atomic E-state index is -0.0292. The number of aromatic nitrogens is 2. The molecular weight excluding hydrogens is 296 g/mol. The van der Waals surface area contributed by atoms with Gasteiger partial charge in [0.05, 0.1) is 30.9 Å². The molecule has 22 heavy (non-hydrogen) atoms. The fourth-order valence-corrected chi connectivity index (χ4v) is 2.94. The Balaban J connectivity index is 2.00. The van der Waals surface area contributed by atoms with Crippen LogP contribution >= 0.6 is 11.8 Å². The number of hydrogen-bond acceptors (Lipinski definition) is 4. The molecule has 0 fully saturated rings. The standard InChI is InChI=1S/C17H16N2O2S/c1-21-15-9-12(7-8-16(15)22-2)10-19-11-18-14-6-4-3-5-13(14)17(19)20/h3-9,11H,10H2,1-2H3. The molecule has 0 N–H and O–H groups in total. The van der Waals surface area contributed by atoms with E-state index in [0.717, 1.165) is 21.7 Å². The Morgan fingerprint density at radius 3 is 2.82 bits per heavy atom. The maximum Gasteiger partial charge on any atom is 0.261 e. The molecule has 0 saturated heterocycles. The van der Waals surface area contributed by atoms with E-state index in [2.05, 4.69) is 4.98 Å². The number of hydrogen-bond donors (Lipinski definition) is 0. The Labute approximate surface area is 132 Å². The number of nitrogens with zero attached hydrogens (tertiary/aromatic N) is 2. The molecule has 0 aliphatic carbocycles. The molecule has 3 rings (SSSR count). The van der Waals surface area contributed by atoms with Gasteiger partial charge >= 0.3 is 0 Å². The summed E-state index contributed by atoms with van der Waals surface area (Å²) in [7, 11) is 1.66. The molecule has 0 unspecified atom stereocenters. The quantitative estimate of drug-likeness (QED) is 0.694. The number of para-hydroxylation sites is 1. The Morgan fingerprint density at radius 2 is 2.05 bits per heavy atom. The van der Waals surface area contributed by atoms with Crippen molar-refractivity contribution in [1.29, 1.82) is 0 Å². The van der Waals surface area contributed by atoms with Gasteiger partial charge in [-0.25, -0.2) is 4.98 Å². The molecule has 0 radical (unpaired) electrons. The zero-order valence-corrected chi connectivity index (χ0v) is 13.3. The maximum absolute atomic E-state index is 12.5. The summed E-state index contributed by atoms with van der Waals surface area (Å²) in [6, 6.07) is 13.4. The van der Waals surface area contributed by atoms with E-state index in [1.165, 1.54) is 0 Å². The molecule has 2 aromatic carbocycles. The summed E-state index contributed by atoms with van der Waals surface area (Å²) in [4.78, 5) is 17.9. The largest absolute Gasteiger partial charge is 0.496 e. The molecular formula is C17H16N2O2S. The van der Waals surface area contributed by atoms with Crippen LogP contribution < -0.4 is 10.3 Å². The van der Waals surface area contributed by atoms with Crippen molar-refractivity contribution in [2.75, 3.05) is 13.4 Å². The number of fused-ring (bicyclic) bond motifs is 1. The fourth-order valence-electron chi connectivity index (χ4n) is 2.39. The van der Waals surface area contributed by atoms with Crippen LogP contribution in [0.5, 0.6) is 5.75 Å². The summed E-state index contributed by atoms with van der Waals surface area (Å²) < 4.78 is 7.01. The topological polar surface area (TPSA) is 44.1 Å². The second-order valence-electron chi connectivity index (χ2n) is 4.88. The Morgan fingerprint density at radius 1 is 1.23 bits per heavy atom. The zero-order valence-electron chi connectivity index (χ0n) is 12.4. The normalized spacial score (nSPS) is 10.8. The highest BCUT2D eigenvalue weighted by Crippen LogP contribution is 2.28. The highest BCUT2D eigenvalue weighted by Gasteiger charge is 2.07. The molecule has 0 spiro atoms. The lowest BCUT2D eigenvalue weighted by Crippen LogP contribution is -2.21. The van der Waals surface area contributed by atoms with E-state index < -0.39 is 0 Å². The second kappa shape index (κ2) is 6.23. The van der Waals surface area contributed by atoms with Crippen LogP contribution in [0, 0.1) is 0 Å². The van der Waals surface area contributed by atoms with Gasteiger partial charge < -0.3 is 4.74 Å². The highest BCUT2D eigenvalue weighted by molar-refractivity contribution is 7.98. The van der Waals surface area contributed by atoms with E-state index in [4.69, 9.17) is 4.74 Å². The average Bonchev–Trinajstić information content (AvgIpc) is 2.57. The summed E-state index contributed by atoms with van der Waals surface area (Å²) in [5.41, 5.74) is 1.70. The summed E-state index contributed by atoms with van der Waals surface area (Å²) in [6.45, 7) is 0.474. The summed E-state index contributed by atoms with van der Waals surface area (Å²) in [5, 5.41) is 0.637. The molecule has 0 amide bonds. The predicted molar refractivity (Wildman–Crippen MR) is 89.9 cm³/mol. The van der Waals surface area contributed by atoms with Gasteiger partial charge in [-0.15, -0.1) is 11.8 Å². The van der Waals surface area contributed by atoms with Crippen LogP contribution in [0.15, 0.2) is 58.5 Å². The van der Waals surface area contributed by atoms with Gasteiger partial charge in [-0.3, -0.25) is 9.36 Å². The lowest BCUT2D eigenvalue weighted by atomic mass is 10.2. The molecule has 1 aromatic heterocycles. The third-order valence-electron chi connectivity index (χ3n) is 3.53. The van der Waals surface area contributed by atoms with Gasteiger partial charge in [0.15, 0.2) is 0 Å². The zero-order chi connectivity index (χ0) is 15.5. The number of ether oxygens (including phenoxy) is 1. The van der Waals surface area contributed by atoms with Crippen molar-refractivity contribution in [1.82, 2.24) is 9.55 Å². The minimum absolute atomic E-state index is 0.0292. The molecule has 1 heterocycles. The Bertz CT molecular complexity index is 874. The molecule has 4 nitrogen and oxygen atoms in total. The number of methoxy groups -OCH3 is 1. The van der Waals surface area contributed by atoms with Crippen molar-refractivity contribution in [2.24, 2.45) is 0 Å². The third kappa shape index (κ3) is 2.72. The van der Waals surface area contributed by atoms with Gasteiger partial charge in [-0.1, -0.05) is 18.2 Å². The Kier molecular flexibility index (Phi) is 4.15. The van der Waals surface area contributed by atoms with E-state index in [-0.39, 0.29) is 5.56 Å². The molecule has 0 atom stereocenters. The molecule has 3 aromatic rings. The van der Waals surface area contributed by atoms with Crippen LogP contribution in [0.1, 0.15) is 5.56 Å². The van der Waals surface area contributed by atoms with Crippen molar-refractivity contribution in [3.63, 3.8) is 0 Å². The van der Waals surface area contributed by atoms with Crippen molar-refractivity contribution < 1.29 is 4.74 Å². The lowest BCUT2D eigenvalue weighted by Gasteiger charge is -2.10. The maximum atomic E-state index is 12.5. The summed E-state index contributed by atoms with van der Waals surface area (Å²) in [5.74, 6) is 0.826. The van der Waals surface area contributed by atoms with E-state index in [1.54, 1.807) is 35.8 Å².